The molecule has 0 aliphatic heterocycles. The van der Waals surface area contributed by atoms with Gasteiger partial charge in [-0.15, -0.1) is 0 Å². The maximum atomic E-state index is 14.2. The maximum absolute atomic E-state index is 14.2. The first-order valence-corrected chi connectivity index (χ1v) is 11.4. The molecule has 3 rings (SSSR count). The van der Waals surface area contributed by atoms with Gasteiger partial charge < -0.3 is 10.2 Å². The molecule has 166 valence electrons. The van der Waals surface area contributed by atoms with Crippen molar-refractivity contribution < 1.29 is 14.0 Å². The molecule has 1 aliphatic carbocycles. The van der Waals surface area contributed by atoms with Gasteiger partial charge in [0.15, 0.2) is 0 Å². The Balaban J connectivity index is 1.81. The molecule has 1 fully saturated rings. The molecule has 1 aliphatic rings. The highest BCUT2D eigenvalue weighted by Gasteiger charge is 2.30. The summed E-state index contributed by atoms with van der Waals surface area (Å²) in [7, 11) is 0. The number of amides is 2. The zero-order chi connectivity index (χ0) is 22.2. The van der Waals surface area contributed by atoms with Crippen LogP contribution in [0.3, 0.4) is 0 Å². The monoisotopic (exact) mass is 424 g/mol. The summed E-state index contributed by atoms with van der Waals surface area (Å²) in [5, 5.41) is 3.17. The van der Waals surface area contributed by atoms with Crippen molar-refractivity contribution in [3.8, 4) is 0 Å². The van der Waals surface area contributed by atoms with E-state index >= 15 is 0 Å². The quantitative estimate of drug-likeness (QED) is 0.653. The number of aryl methyl sites for hydroxylation is 1. The topological polar surface area (TPSA) is 49.4 Å². The van der Waals surface area contributed by atoms with Gasteiger partial charge in [0.25, 0.3) is 0 Å². The van der Waals surface area contributed by atoms with E-state index in [1.54, 1.807) is 23.1 Å². The second-order valence-corrected chi connectivity index (χ2v) is 8.54. The summed E-state index contributed by atoms with van der Waals surface area (Å²) in [5.74, 6) is -0.745. The molecule has 1 saturated carbocycles. The van der Waals surface area contributed by atoms with Crippen LogP contribution < -0.4 is 5.32 Å². The molecule has 2 amide bonds. The molecule has 0 bridgehead atoms. The summed E-state index contributed by atoms with van der Waals surface area (Å²) in [6, 6.07) is 13.9. The third kappa shape index (κ3) is 6.39. The highest BCUT2D eigenvalue weighted by molar-refractivity contribution is 5.88. The van der Waals surface area contributed by atoms with Gasteiger partial charge in [0.2, 0.25) is 11.8 Å². The zero-order valence-electron chi connectivity index (χ0n) is 18.6. The average Bonchev–Trinajstić information content (AvgIpc) is 2.77. The summed E-state index contributed by atoms with van der Waals surface area (Å²) in [6.45, 7) is 4.26. The van der Waals surface area contributed by atoms with E-state index in [1.165, 1.54) is 12.5 Å². The molecule has 1 N–H and O–H groups in total. The summed E-state index contributed by atoms with van der Waals surface area (Å²) in [4.78, 5) is 28.1. The third-order valence-electron chi connectivity index (χ3n) is 6.11. The van der Waals surface area contributed by atoms with Gasteiger partial charge in [-0.3, -0.25) is 9.59 Å². The van der Waals surface area contributed by atoms with Crippen LogP contribution in [-0.2, 0) is 22.6 Å². The van der Waals surface area contributed by atoms with Gasteiger partial charge in [0.05, 0.1) is 6.42 Å². The highest BCUT2D eigenvalue weighted by Crippen LogP contribution is 2.20. The first-order chi connectivity index (χ1) is 15.0. The number of carbonyl (C=O) groups excluding carboxylic acids is 2. The van der Waals surface area contributed by atoms with Gasteiger partial charge in [0.1, 0.15) is 11.9 Å². The number of rotatable bonds is 8. The minimum absolute atomic E-state index is 0.0637. The van der Waals surface area contributed by atoms with Crippen LogP contribution in [0.15, 0.2) is 48.5 Å². The second-order valence-electron chi connectivity index (χ2n) is 8.54. The Morgan fingerprint density at radius 2 is 1.74 bits per heavy atom. The van der Waals surface area contributed by atoms with Crippen molar-refractivity contribution in [3.05, 3.63) is 71.0 Å². The molecule has 0 radical (unpaired) electrons. The minimum atomic E-state index is -0.581. The Kier molecular flexibility index (Phi) is 8.21. The SMILES string of the molecule is CCC(C(=O)NC1CCCCC1)N(Cc1ccc(C)cc1)C(=O)Cc1ccccc1F. The number of halogens is 1. The van der Waals surface area contributed by atoms with Gasteiger partial charge >= 0.3 is 0 Å². The molecular weight excluding hydrogens is 391 g/mol. The molecule has 4 nitrogen and oxygen atoms in total. The first-order valence-electron chi connectivity index (χ1n) is 11.4. The first kappa shape index (κ1) is 23.0. The van der Waals surface area contributed by atoms with Crippen molar-refractivity contribution >= 4 is 11.8 Å². The van der Waals surface area contributed by atoms with Crippen LogP contribution in [0.2, 0.25) is 0 Å². The van der Waals surface area contributed by atoms with Crippen molar-refractivity contribution in [1.29, 1.82) is 0 Å². The number of carbonyl (C=O) groups is 2. The minimum Gasteiger partial charge on any atom is -0.352 e. The van der Waals surface area contributed by atoms with Crippen molar-refractivity contribution in [2.24, 2.45) is 0 Å². The maximum Gasteiger partial charge on any atom is 0.243 e. The molecule has 1 unspecified atom stereocenters. The summed E-state index contributed by atoms with van der Waals surface area (Å²) < 4.78 is 14.2. The lowest BCUT2D eigenvalue weighted by Gasteiger charge is -2.33. The largest absolute Gasteiger partial charge is 0.352 e. The Hall–Kier alpha value is -2.69. The molecule has 2 aromatic carbocycles. The van der Waals surface area contributed by atoms with Crippen LogP contribution in [-0.4, -0.2) is 28.8 Å². The fourth-order valence-corrected chi connectivity index (χ4v) is 4.26. The lowest BCUT2D eigenvalue weighted by atomic mass is 9.95. The van der Waals surface area contributed by atoms with Gasteiger partial charge in [0, 0.05) is 12.6 Å². The van der Waals surface area contributed by atoms with E-state index in [9.17, 15) is 14.0 Å². The summed E-state index contributed by atoms with van der Waals surface area (Å²) >= 11 is 0. The van der Waals surface area contributed by atoms with E-state index in [0.29, 0.717) is 18.5 Å². The molecular formula is C26H33FN2O2. The normalized spacial score (nSPS) is 15.3. The number of hydrogen-bond acceptors (Lipinski definition) is 2. The molecule has 5 heteroatoms. The molecule has 0 spiro atoms. The second kappa shape index (κ2) is 11.1. The predicted octanol–water partition coefficient (Wildman–Crippen LogP) is 4.93. The van der Waals surface area contributed by atoms with Crippen LogP contribution >= 0.6 is 0 Å². The number of nitrogens with zero attached hydrogens (tertiary/aromatic N) is 1. The van der Waals surface area contributed by atoms with Crippen LogP contribution in [0.1, 0.15) is 62.1 Å². The van der Waals surface area contributed by atoms with Crippen LogP contribution in [0.4, 0.5) is 4.39 Å². The number of hydrogen-bond donors (Lipinski definition) is 1. The van der Waals surface area contributed by atoms with Crippen molar-refractivity contribution in [1.82, 2.24) is 10.2 Å². The summed E-state index contributed by atoms with van der Waals surface area (Å²) in [6.07, 6.45) is 5.89. The zero-order valence-corrected chi connectivity index (χ0v) is 18.6. The highest BCUT2D eigenvalue weighted by atomic mass is 19.1. The van der Waals surface area contributed by atoms with Crippen molar-refractivity contribution in [2.75, 3.05) is 0 Å². The molecule has 2 aromatic rings. The molecule has 0 saturated heterocycles. The van der Waals surface area contributed by atoms with Crippen LogP contribution in [0.25, 0.3) is 0 Å². The Morgan fingerprint density at radius 3 is 2.39 bits per heavy atom. The Bertz CT molecular complexity index is 875. The molecule has 1 atom stereocenters. The lowest BCUT2D eigenvalue weighted by Crippen LogP contribution is -2.52. The lowest BCUT2D eigenvalue weighted by molar-refractivity contribution is -0.141. The van der Waals surface area contributed by atoms with Crippen LogP contribution in [0.5, 0.6) is 0 Å². The van der Waals surface area contributed by atoms with E-state index in [2.05, 4.69) is 5.32 Å². The van der Waals surface area contributed by atoms with Gasteiger partial charge in [-0.05, 0) is 43.4 Å². The van der Waals surface area contributed by atoms with Crippen molar-refractivity contribution in [2.45, 2.75) is 77.4 Å². The molecule has 0 heterocycles. The average molecular weight is 425 g/mol. The van der Waals surface area contributed by atoms with E-state index in [0.717, 1.165) is 36.8 Å². The smallest absolute Gasteiger partial charge is 0.243 e. The molecule has 31 heavy (non-hydrogen) atoms. The van der Waals surface area contributed by atoms with E-state index < -0.39 is 11.9 Å². The fourth-order valence-electron chi connectivity index (χ4n) is 4.26. The van der Waals surface area contributed by atoms with Gasteiger partial charge in [-0.1, -0.05) is 74.2 Å². The Morgan fingerprint density at radius 1 is 1.06 bits per heavy atom. The Labute approximate surface area is 184 Å². The summed E-state index contributed by atoms with van der Waals surface area (Å²) in [5.41, 5.74) is 2.44. The van der Waals surface area contributed by atoms with Gasteiger partial charge in [-0.25, -0.2) is 4.39 Å². The number of benzene rings is 2. The van der Waals surface area contributed by atoms with Gasteiger partial charge in [-0.2, -0.15) is 0 Å². The molecule has 0 aromatic heterocycles. The van der Waals surface area contributed by atoms with E-state index in [4.69, 9.17) is 0 Å². The number of nitrogens with one attached hydrogen (secondary N) is 1. The fraction of sp³-hybridized carbons (Fsp3) is 0.462. The third-order valence-corrected chi connectivity index (χ3v) is 6.11. The van der Waals surface area contributed by atoms with Crippen molar-refractivity contribution in [3.63, 3.8) is 0 Å². The van der Waals surface area contributed by atoms with Crippen LogP contribution in [0, 0.1) is 12.7 Å². The predicted molar refractivity (Wildman–Crippen MR) is 121 cm³/mol. The van der Waals surface area contributed by atoms with E-state index in [1.807, 2.05) is 38.1 Å². The standard InChI is InChI=1S/C26H33FN2O2/c1-3-24(26(31)28-22-10-5-4-6-11-22)29(18-20-15-13-19(2)14-16-20)25(30)17-21-9-7-8-12-23(21)27/h7-9,12-16,22,24H,3-6,10-11,17-18H2,1-2H3,(H,28,31). The van der Waals surface area contributed by atoms with E-state index in [-0.39, 0.29) is 24.3 Å².